The molecule has 0 saturated carbocycles. The van der Waals surface area contributed by atoms with Crippen LogP contribution < -0.4 is 5.32 Å². The van der Waals surface area contributed by atoms with Crippen molar-refractivity contribution < 1.29 is 4.79 Å². The smallest absolute Gasteiger partial charge is 0.232 e. The van der Waals surface area contributed by atoms with Gasteiger partial charge in [0, 0.05) is 16.3 Å². The fourth-order valence-electron chi connectivity index (χ4n) is 2.42. The molecule has 0 unspecified atom stereocenters. The molecule has 0 radical (unpaired) electrons. The summed E-state index contributed by atoms with van der Waals surface area (Å²) in [6.45, 7) is 8.52. The summed E-state index contributed by atoms with van der Waals surface area (Å²) in [4.78, 5) is 21.0. The molecule has 0 saturated heterocycles. The Hall–Kier alpha value is -2.05. The number of rotatable bonds is 4. The van der Waals surface area contributed by atoms with Crippen molar-refractivity contribution in [3.63, 3.8) is 0 Å². The predicted octanol–water partition coefficient (Wildman–Crippen LogP) is 5.05. The van der Waals surface area contributed by atoms with E-state index in [0.717, 1.165) is 22.0 Å². The van der Waals surface area contributed by atoms with Crippen LogP contribution in [0.25, 0.3) is 11.3 Å². The third kappa shape index (κ3) is 4.52. The van der Waals surface area contributed by atoms with Crippen molar-refractivity contribution in [1.29, 1.82) is 0 Å². The average molecular weight is 372 g/mol. The summed E-state index contributed by atoms with van der Waals surface area (Å²) < 4.78 is 0. The Morgan fingerprint density at radius 2 is 1.80 bits per heavy atom. The fourth-order valence-corrected chi connectivity index (χ4v) is 3.77. The maximum absolute atomic E-state index is 12.1. The van der Waals surface area contributed by atoms with Crippen LogP contribution in [0.2, 0.25) is 0 Å². The molecule has 130 valence electrons. The van der Waals surface area contributed by atoms with Gasteiger partial charge in [-0.3, -0.25) is 4.79 Å². The van der Waals surface area contributed by atoms with Gasteiger partial charge in [0.15, 0.2) is 5.13 Å². The Morgan fingerprint density at radius 3 is 2.40 bits per heavy atom. The molecule has 6 heteroatoms. The fraction of sp³-hybridized carbons (Fsp3) is 0.316. The van der Waals surface area contributed by atoms with Crippen LogP contribution in [0, 0.1) is 6.92 Å². The maximum atomic E-state index is 12.1. The van der Waals surface area contributed by atoms with E-state index >= 15 is 0 Å². The molecule has 25 heavy (non-hydrogen) atoms. The van der Waals surface area contributed by atoms with E-state index in [1.165, 1.54) is 16.9 Å². The van der Waals surface area contributed by atoms with Crippen molar-refractivity contribution in [3.05, 3.63) is 51.3 Å². The minimum Gasteiger partial charge on any atom is -0.302 e. The number of aryl methyl sites for hydroxylation is 1. The highest BCUT2D eigenvalue weighted by Gasteiger charge is 2.14. The zero-order valence-electron chi connectivity index (χ0n) is 14.8. The van der Waals surface area contributed by atoms with Crippen LogP contribution in [0.15, 0.2) is 35.0 Å². The molecule has 0 aliphatic carbocycles. The van der Waals surface area contributed by atoms with Crippen LogP contribution in [0.1, 0.15) is 37.0 Å². The molecule has 1 amide bonds. The summed E-state index contributed by atoms with van der Waals surface area (Å²) in [7, 11) is 0. The largest absolute Gasteiger partial charge is 0.302 e. The van der Waals surface area contributed by atoms with E-state index in [9.17, 15) is 4.79 Å². The lowest BCUT2D eigenvalue weighted by Gasteiger charge is -2.18. The summed E-state index contributed by atoms with van der Waals surface area (Å²) >= 11 is 2.99. The summed E-state index contributed by atoms with van der Waals surface area (Å²) in [5.41, 5.74) is 4.16. The summed E-state index contributed by atoms with van der Waals surface area (Å²) in [5.74, 6) is -0.0886. The maximum Gasteiger partial charge on any atom is 0.232 e. The molecule has 2 aromatic heterocycles. The number of thiazole rings is 2. The lowest BCUT2D eigenvalue weighted by Crippen LogP contribution is -2.14. The van der Waals surface area contributed by atoms with Gasteiger partial charge in [0.1, 0.15) is 0 Å². The Bertz CT molecular complexity index is 873. The van der Waals surface area contributed by atoms with E-state index in [1.54, 1.807) is 11.3 Å². The summed E-state index contributed by atoms with van der Waals surface area (Å²) in [6, 6.07) is 8.44. The molecule has 2 heterocycles. The van der Waals surface area contributed by atoms with Gasteiger partial charge in [-0.1, -0.05) is 45.0 Å². The number of amides is 1. The highest BCUT2D eigenvalue weighted by Crippen LogP contribution is 2.28. The van der Waals surface area contributed by atoms with Gasteiger partial charge in [0.05, 0.1) is 22.8 Å². The Kier molecular flexibility index (Phi) is 5.01. The van der Waals surface area contributed by atoms with Gasteiger partial charge in [-0.15, -0.1) is 22.7 Å². The standard InChI is InChI=1S/C19H21N3OS2/c1-12-20-15(10-24-12)9-17(23)22-18-21-16(11-25-18)13-5-7-14(8-6-13)19(2,3)4/h5-8,10-11H,9H2,1-4H3,(H,21,22,23). The Morgan fingerprint density at radius 1 is 1.08 bits per heavy atom. The third-order valence-corrected chi connectivity index (χ3v) is 5.39. The molecule has 3 rings (SSSR count). The highest BCUT2D eigenvalue weighted by atomic mass is 32.1. The predicted molar refractivity (Wildman–Crippen MR) is 105 cm³/mol. The molecule has 0 atom stereocenters. The van der Waals surface area contributed by atoms with Crippen LogP contribution in [-0.4, -0.2) is 15.9 Å². The molecular formula is C19H21N3OS2. The second-order valence-electron chi connectivity index (χ2n) is 6.95. The topological polar surface area (TPSA) is 54.9 Å². The first-order valence-electron chi connectivity index (χ1n) is 8.08. The monoisotopic (exact) mass is 371 g/mol. The number of nitrogens with zero attached hydrogens (tertiary/aromatic N) is 2. The number of hydrogen-bond donors (Lipinski definition) is 1. The van der Waals surface area contributed by atoms with Crippen molar-refractivity contribution in [1.82, 2.24) is 9.97 Å². The van der Waals surface area contributed by atoms with Crippen molar-refractivity contribution in [2.75, 3.05) is 5.32 Å². The van der Waals surface area contributed by atoms with Crippen LogP contribution >= 0.6 is 22.7 Å². The van der Waals surface area contributed by atoms with Gasteiger partial charge < -0.3 is 5.32 Å². The van der Waals surface area contributed by atoms with Crippen LogP contribution in [0.3, 0.4) is 0 Å². The SMILES string of the molecule is Cc1nc(CC(=O)Nc2nc(-c3ccc(C(C)(C)C)cc3)cs2)cs1. The lowest BCUT2D eigenvalue weighted by molar-refractivity contribution is -0.115. The van der Waals surface area contributed by atoms with Crippen molar-refractivity contribution >= 4 is 33.7 Å². The van der Waals surface area contributed by atoms with E-state index in [1.807, 2.05) is 17.7 Å². The Balaban J connectivity index is 1.66. The molecule has 0 spiro atoms. The van der Waals surface area contributed by atoms with Gasteiger partial charge in [0.2, 0.25) is 5.91 Å². The van der Waals surface area contributed by atoms with Crippen LogP contribution in [0.5, 0.6) is 0 Å². The molecule has 1 aromatic carbocycles. The molecule has 0 fully saturated rings. The second-order valence-corrected chi connectivity index (χ2v) is 8.87. The minimum atomic E-state index is -0.0886. The number of benzene rings is 1. The minimum absolute atomic E-state index is 0.0886. The first-order chi connectivity index (χ1) is 11.8. The van der Waals surface area contributed by atoms with Crippen molar-refractivity contribution in [2.24, 2.45) is 0 Å². The number of anilines is 1. The third-order valence-electron chi connectivity index (χ3n) is 3.81. The second kappa shape index (κ2) is 7.06. The molecular weight excluding hydrogens is 350 g/mol. The van der Waals surface area contributed by atoms with Crippen molar-refractivity contribution in [2.45, 2.75) is 39.5 Å². The van der Waals surface area contributed by atoms with Crippen LogP contribution in [-0.2, 0) is 16.6 Å². The van der Waals surface area contributed by atoms with Gasteiger partial charge in [-0.05, 0) is 17.9 Å². The molecule has 4 nitrogen and oxygen atoms in total. The number of hydrogen-bond acceptors (Lipinski definition) is 5. The first kappa shape index (κ1) is 17.8. The average Bonchev–Trinajstić information content (AvgIpc) is 3.16. The van der Waals surface area contributed by atoms with Gasteiger partial charge >= 0.3 is 0 Å². The number of carbonyl (C=O) groups excluding carboxylic acids is 1. The Labute approximate surface area is 156 Å². The van der Waals surface area contributed by atoms with Gasteiger partial charge in [-0.25, -0.2) is 9.97 Å². The van der Waals surface area contributed by atoms with E-state index in [-0.39, 0.29) is 17.7 Å². The van der Waals surface area contributed by atoms with E-state index in [2.05, 4.69) is 60.3 Å². The molecule has 0 aliphatic heterocycles. The zero-order valence-corrected chi connectivity index (χ0v) is 16.4. The summed E-state index contributed by atoms with van der Waals surface area (Å²) in [5, 5.41) is 8.33. The first-order valence-corrected chi connectivity index (χ1v) is 9.84. The zero-order chi connectivity index (χ0) is 18.0. The van der Waals surface area contributed by atoms with Gasteiger partial charge in [0.25, 0.3) is 0 Å². The van der Waals surface area contributed by atoms with E-state index < -0.39 is 0 Å². The highest BCUT2D eigenvalue weighted by molar-refractivity contribution is 7.14. The molecule has 0 bridgehead atoms. The lowest BCUT2D eigenvalue weighted by atomic mass is 9.86. The number of nitrogens with one attached hydrogen (secondary N) is 1. The number of carbonyl (C=O) groups is 1. The van der Waals surface area contributed by atoms with Crippen LogP contribution in [0.4, 0.5) is 5.13 Å². The van der Waals surface area contributed by atoms with Gasteiger partial charge in [-0.2, -0.15) is 0 Å². The quantitative estimate of drug-likeness (QED) is 0.698. The van der Waals surface area contributed by atoms with E-state index in [4.69, 9.17) is 0 Å². The normalized spacial score (nSPS) is 11.5. The van der Waals surface area contributed by atoms with Crippen molar-refractivity contribution in [3.8, 4) is 11.3 Å². The molecule has 0 aliphatic rings. The summed E-state index contributed by atoms with van der Waals surface area (Å²) in [6.07, 6.45) is 0.277. The molecule has 1 N–H and O–H groups in total. The number of aromatic nitrogens is 2. The molecule has 3 aromatic rings. The van der Waals surface area contributed by atoms with E-state index in [0.29, 0.717) is 5.13 Å².